The lowest BCUT2D eigenvalue weighted by atomic mass is 10.0. The molecule has 2 atom stereocenters. The topological polar surface area (TPSA) is 66.8 Å². The molecule has 0 unspecified atom stereocenters. The van der Waals surface area contributed by atoms with Crippen LogP contribution in [0, 0.1) is 0 Å². The van der Waals surface area contributed by atoms with Gasteiger partial charge in [-0.3, -0.25) is 4.79 Å². The summed E-state index contributed by atoms with van der Waals surface area (Å²) in [5, 5.41) is 0.449. The van der Waals surface area contributed by atoms with Crippen LogP contribution < -0.4 is 4.90 Å². The molecule has 3 rings (SSSR count). The van der Waals surface area contributed by atoms with Gasteiger partial charge in [0.25, 0.3) is 5.91 Å². The summed E-state index contributed by atoms with van der Waals surface area (Å²) in [6.45, 7) is 4.23. The number of carbonyl (C=O) groups is 1. The van der Waals surface area contributed by atoms with E-state index in [1.807, 2.05) is 29.2 Å². The number of amides is 1. The van der Waals surface area contributed by atoms with Crippen LogP contribution in [-0.4, -0.2) is 48.2 Å². The Morgan fingerprint density at radius 2 is 2.00 bits per heavy atom. The zero-order chi connectivity index (χ0) is 17.5. The first-order chi connectivity index (χ1) is 11.3. The average Bonchev–Trinajstić information content (AvgIpc) is 2.98. The highest BCUT2D eigenvalue weighted by molar-refractivity contribution is 8.16. The summed E-state index contributed by atoms with van der Waals surface area (Å²) in [7, 11) is -3.05. The van der Waals surface area contributed by atoms with E-state index in [1.165, 1.54) is 17.3 Å². The lowest BCUT2D eigenvalue weighted by Crippen LogP contribution is -2.37. The van der Waals surface area contributed by atoms with E-state index >= 15 is 0 Å². The summed E-state index contributed by atoms with van der Waals surface area (Å²) in [5.41, 5.74) is 2.06. The number of rotatable bonds is 3. The van der Waals surface area contributed by atoms with E-state index in [1.54, 1.807) is 0 Å². The smallest absolute Gasteiger partial charge is 0.262 e. The van der Waals surface area contributed by atoms with Crippen LogP contribution in [0.5, 0.6) is 0 Å². The fourth-order valence-electron chi connectivity index (χ4n) is 3.02. The first-order valence-electron chi connectivity index (χ1n) is 7.74. The first kappa shape index (κ1) is 17.8. The summed E-state index contributed by atoms with van der Waals surface area (Å²) < 4.78 is 24.0. The van der Waals surface area contributed by atoms with Crippen molar-refractivity contribution in [1.82, 2.24) is 0 Å². The Morgan fingerprint density at radius 3 is 2.58 bits per heavy atom. The maximum Gasteiger partial charge on any atom is 0.262 e. The lowest BCUT2D eigenvalue weighted by molar-refractivity contribution is -0.115. The lowest BCUT2D eigenvalue weighted by Gasteiger charge is -2.25. The van der Waals surface area contributed by atoms with Gasteiger partial charge < -0.3 is 4.90 Å². The van der Waals surface area contributed by atoms with Gasteiger partial charge >= 0.3 is 0 Å². The zero-order valence-corrected chi connectivity index (χ0v) is 15.9. The van der Waals surface area contributed by atoms with Crippen LogP contribution in [-0.2, 0) is 14.6 Å². The summed E-state index contributed by atoms with van der Waals surface area (Å²) in [6.07, 6.45) is 0. The number of anilines is 1. The number of benzene rings is 1. The molecule has 24 heavy (non-hydrogen) atoms. The highest BCUT2D eigenvalue weighted by Gasteiger charge is 2.49. The first-order valence-corrected chi connectivity index (χ1v) is 11.0. The van der Waals surface area contributed by atoms with Crippen LogP contribution in [0.3, 0.4) is 0 Å². The minimum absolute atomic E-state index is 0.0880. The van der Waals surface area contributed by atoms with Crippen LogP contribution in [0.2, 0.25) is 0 Å². The predicted octanol–water partition coefficient (Wildman–Crippen LogP) is 2.65. The van der Waals surface area contributed by atoms with Gasteiger partial charge in [0.05, 0.1) is 17.5 Å². The Kier molecular flexibility index (Phi) is 4.95. The number of thioether (sulfide) groups is 1. The van der Waals surface area contributed by atoms with Crippen molar-refractivity contribution in [3.63, 3.8) is 0 Å². The van der Waals surface area contributed by atoms with Crippen molar-refractivity contribution in [3.05, 3.63) is 29.8 Å². The van der Waals surface area contributed by atoms with Gasteiger partial charge in [0.15, 0.2) is 15.0 Å². The van der Waals surface area contributed by atoms with Gasteiger partial charge in [-0.1, -0.05) is 37.7 Å². The average molecular weight is 387 g/mol. The Bertz CT molecular complexity index is 775. The Balaban J connectivity index is 1.98. The van der Waals surface area contributed by atoms with Gasteiger partial charge in [-0.05, 0) is 23.6 Å². The molecule has 1 amide bonds. The highest BCUT2D eigenvalue weighted by Crippen LogP contribution is 2.41. The molecular formula is C16H19ClN2O3S2. The molecule has 8 heteroatoms. The molecular weight excluding hydrogens is 368 g/mol. The summed E-state index contributed by atoms with van der Waals surface area (Å²) in [4.78, 5) is 17.6. The molecule has 0 radical (unpaired) electrons. The normalized spacial score (nSPS) is 27.0. The van der Waals surface area contributed by atoms with Gasteiger partial charge in [0.2, 0.25) is 0 Å². The van der Waals surface area contributed by atoms with Gasteiger partial charge in [-0.2, -0.15) is 4.99 Å². The van der Waals surface area contributed by atoms with Gasteiger partial charge in [-0.25, -0.2) is 8.42 Å². The molecule has 130 valence electrons. The van der Waals surface area contributed by atoms with Crippen LogP contribution in [0.4, 0.5) is 5.69 Å². The molecule has 1 aromatic carbocycles. The number of amidine groups is 1. The van der Waals surface area contributed by atoms with Crippen molar-refractivity contribution in [2.45, 2.75) is 31.1 Å². The van der Waals surface area contributed by atoms with Gasteiger partial charge in [0, 0.05) is 10.9 Å². The largest absolute Gasteiger partial charge is 0.316 e. The van der Waals surface area contributed by atoms with Crippen molar-refractivity contribution in [3.8, 4) is 0 Å². The monoisotopic (exact) mass is 386 g/mol. The third-order valence-corrected chi connectivity index (χ3v) is 7.68. The minimum atomic E-state index is -3.05. The van der Waals surface area contributed by atoms with Gasteiger partial charge in [-0.15, -0.1) is 11.6 Å². The van der Waals surface area contributed by atoms with E-state index in [4.69, 9.17) is 11.6 Å². The van der Waals surface area contributed by atoms with Crippen molar-refractivity contribution < 1.29 is 13.2 Å². The fraction of sp³-hybridized carbons (Fsp3) is 0.500. The van der Waals surface area contributed by atoms with Crippen molar-refractivity contribution >= 4 is 50.0 Å². The quantitative estimate of drug-likeness (QED) is 0.747. The molecule has 0 spiro atoms. The number of sulfone groups is 1. The number of halogens is 1. The zero-order valence-electron chi connectivity index (χ0n) is 13.5. The van der Waals surface area contributed by atoms with E-state index in [2.05, 4.69) is 18.8 Å². The highest BCUT2D eigenvalue weighted by atomic mass is 35.5. The van der Waals surface area contributed by atoms with E-state index in [9.17, 15) is 13.2 Å². The molecule has 0 N–H and O–H groups in total. The number of carbonyl (C=O) groups excluding carboxylic acids is 1. The molecule has 2 saturated heterocycles. The van der Waals surface area contributed by atoms with E-state index in [-0.39, 0.29) is 28.7 Å². The third kappa shape index (κ3) is 3.48. The van der Waals surface area contributed by atoms with Gasteiger partial charge in [0.1, 0.15) is 5.88 Å². The summed E-state index contributed by atoms with van der Waals surface area (Å²) >= 11 is 6.92. The Morgan fingerprint density at radius 1 is 1.33 bits per heavy atom. The van der Waals surface area contributed by atoms with E-state index in [0.717, 1.165) is 5.69 Å². The molecule has 2 heterocycles. The molecule has 2 aliphatic rings. The number of alkyl halides is 1. The second-order valence-corrected chi connectivity index (χ2v) is 9.97. The standard InChI is InChI=1S/C16H19ClN2O3S2/c1-10(2)11-3-5-12(6-4-11)19-13-8-24(21,22)9-14(13)23-16(19)18-15(20)7-17/h3-6,10,13-14H,7-9H2,1-2H3/t13-,14+/m1/s1. The molecule has 0 bridgehead atoms. The molecule has 5 nitrogen and oxygen atoms in total. The molecule has 1 aromatic rings. The van der Waals surface area contributed by atoms with E-state index in [0.29, 0.717) is 11.1 Å². The van der Waals surface area contributed by atoms with Crippen molar-refractivity contribution in [2.75, 3.05) is 22.3 Å². The molecule has 0 aliphatic carbocycles. The maximum absolute atomic E-state index is 12.0. The molecule has 0 aromatic heterocycles. The number of aliphatic imine (C=N–C) groups is 1. The van der Waals surface area contributed by atoms with Crippen LogP contribution in [0.25, 0.3) is 0 Å². The number of nitrogens with zero attached hydrogens (tertiary/aromatic N) is 2. The van der Waals surface area contributed by atoms with Crippen molar-refractivity contribution in [1.29, 1.82) is 0 Å². The molecule has 0 saturated carbocycles. The number of hydrogen-bond donors (Lipinski definition) is 0. The third-order valence-electron chi connectivity index (χ3n) is 4.24. The van der Waals surface area contributed by atoms with Crippen molar-refractivity contribution in [2.24, 2.45) is 4.99 Å². The summed E-state index contributed by atoms with van der Waals surface area (Å²) in [5.74, 6) is 0.0304. The number of hydrogen-bond acceptors (Lipinski definition) is 4. The maximum atomic E-state index is 12.0. The van der Waals surface area contributed by atoms with Crippen LogP contribution >= 0.6 is 23.4 Å². The van der Waals surface area contributed by atoms with Crippen LogP contribution in [0.15, 0.2) is 29.3 Å². The number of fused-ring (bicyclic) bond motifs is 1. The minimum Gasteiger partial charge on any atom is -0.316 e. The molecule has 2 aliphatic heterocycles. The Hall–Kier alpha value is -1.05. The van der Waals surface area contributed by atoms with Crippen LogP contribution in [0.1, 0.15) is 25.3 Å². The predicted molar refractivity (Wildman–Crippen MR) is 100.0 cm³/mol. The Labute approximate surface area is 151 Å². The second-order valence-electron chi connectivity index (χ2n) is 6.34. The van der Waals surface area contributed by atoms with E-state index < -0.39 is 15.7 Å². The molecule has 2 fully saturated rings. The fourth-order valence-corrected chi connectivity index (χ4v) is 7.01. The second kappa shape index (κ2) is 6.69. The summed E-state index contributed by atoms with van der Waals surface area (Å²) in [6, 6.07) is 7.80. The SMILES string of the molecule is CC(C)c1ccc(N2C(=NC(=O)CCl)S[C@H]3CS(=O)(=O)C[C@H]32)cc1.